The third-order valence-electron chi connectivity index (χ3n) is 6.88. The van der Waals surface area contributed by atoms with E-state index in [1.54, 1.807) is 13.0 Å². The zero-order valence-corrected chi connectivity index (χ0v) is 22.4. The molecule has 0 saturated carbocycles. The van der Waals surface area contributed by atoms with Gasteiger partial charge in [-0.25, -0.2) is 8.78 Å². The number of hydrogen-bond donors (Lipinski definition) is 0. The number of nitrogens with zero attached hydrogens (tertiary/aromatic N) is 1. The number of esters is 1. The number of rotatable bonds is 11. The molecule has 0 unspecified atom stereocenters. The first kappa shape index (κ1) is 28.0. The van der Waals surface area contributed by atoms with Gasteiger partial charge in [0, 0.05) is 35.8 Å². The lowest BCUT2D eigenvalue weighted by atomic mass is 9.93. The molecule has 0 heterocycles. The summed E-state index contributed by atoms with van der Waals surface area (Å²) in [5.41, 5.74) is 3.68. The molecule has 0 N–H and O–H groups in total. The van der Waals surface area contributed by atoms with Crippen molar-refractivity contribution in [3.63, 3.8) is 0 Å². The highest BCUT2D eigenvalue weighted by molar-refractivity contribution is 5.73. The molecule has 0 fully saturated rings. The molecule has 202 valence electrons. The molecule has 0 radical (unpaired) electrons. The summed E-state index contributed by atoms with van der Waals surface area (Å²) in [6.45, 7) is 4.73. The van der Waals surface area contributed by atoms with E-state index in [-0.39, 0.29) is 30.6 Å². The maximum Gasteiger partial charge on any atom is 0.307 e. The quantitative estimate of drug-likeness (QED) is 0.185. The minimum atomic E-state index is -0.689. The zero-order valence-electron chi connectivity index (χ0n) is 22.4. The fourth-order valence-electron chi connectivity index (χ4n) is 4.89. The van der Waals surface area contributed by atoms with Gasteiger partial charge in [0.1, 0.15) is 17.4 Å². The maximum absolute atomic E-state index is 14.9. The molecule has 0 amide bonds. The van der Waals surface area contributed by atoms with Crippen molar-refractivity contribution in [2.45, 2.75) is 38.9 Å². The van der Waals surface area contributed by atoms with E-state index in [1.807, 2.05) is 48.5 Å². The molecular weight excluding hydrogens is 496 g/mol. The third kappa shape index (κ3) is 6.89. The van der Waals surface area contributed by atoms with E-state index < -0.39 is 17.7 Å². The monoisotopic (exact) mass is 529 g/mol. The summed E-state index contributed by atoms with van der Waals surface area (Å²) in [4.78, 5) is 15.2. The Morgan fingerprint density at radius 3 is 2.18 bits per heavy atom. The van der Waals surface area contributed by atoms with Crippen molar-refractivity contribution in [3.05, 3.63) is 125 Å². The number of carbonyl (C=O) groups is 1. The van der Waals surface area contributed by atoms with Gasteiger partial charge >= 0.3 is 5.97 Å². The first-order valence-electron chi connectivity index (χ1n) is 13.0. The number of methoxy groups -OCH3 is 1. The predicted octanol–water partition coefficient (Wildman–Crippen LogP) is 7.90. The summed E-state index contributed by atoms with van der Waals surface area (Å²) in [5, 5.41) is 0. The van der Waals surface area contributed by atoms with E-state index in [0.717, 1.165) is 22.8 Å². The second kappa shape index (κ2) is 13.2. The number of benzene rings is 4. The van der Waals surface area contributed by atoms with Gasteiger partial charge in [-0.1, -0.05) is 66.7 Å². The fourth-order valence-corrected chi connectivity index (χ4v) is 4.89. The molecule has 2 atom stereocenters. The van der Waals surface area contributed by atoms with Crippen molar-refractivity contribution < 1.29 is 23.0 Å². The molecule has 0 aromatic heterocycles. The summed E-state index contributed by atoms with van der Waals surface area (Å²) in [7, 11) is 1.51. The normalized spacial score (nSPS) is 12.7. The van der Waals surface area contributed by atoms with E-state index in [0.29, 0.717) is 17.9 Å². The smallest absolute Gasteiger partial charge is 0.307 e. The van der Waals surface area contributed by atoms with E-state index >= 15 is 0 Å². The summed E-state index contributed by atoms with van der Waals surface area (Å²) in [6, 6.07) is 28.6. The van der Waals surface area contributed by atoms with Gasteiger partial charge in [0.2, 0.25) is 0 Å². The van der Waals surface area contributed by atoms with E-state index in [4.69, 9.17) is 9.47 Å². The third-order valence-corrected chi connectivity index (χ3v) is 6.88. The number of ether oxygens (including phenoxy) is 2. The summed E-state index contributed by atoms with van der Waals surface area (Å²) in [6.07, 6.45) is 0.0928. The molecule has 4 rings (SSSR count). The molecule has 4 aromatic rings. The van der Waals surface area contributed by atoms with Gasteiger partial charge in [0.15, 0.2) is 0 Å². The molecule has 6 heteroatoms. The lowest BCUT2D eigenvalue weighted by molar-refractivity contribution is -0.145. The van der Waals surface area contributed by atoms with Crippen LogP contribution >= 0.6 is 0 Å². The van der Waals surface area contributed by atoms with E-state index in [9.17, 15) is 13.6 Å². The highest BCUT2D eigenvalue weighted by Crippen LogP contribution is 2.39. The topological polar surface area (TPSA) is 38.8 Å². The zero-order chi connectivity index (χ0) is 27.8. The van der Waals surface area contributed by atoms with Crippen LogP contribution in [-0.2, 0) is 16.1 Å². The minimum absolute atomic E-state index is 0.0704. The highest BCUT2D eigenvalue weighted by atomic mass is 19.1. The molecule has 0 aliphatic carbocycles. The van der Waals surface area contributed by atoms with Gasteiger partial charge in [-0.15, -0.1) is 0 Å². The number of carbonyl (C=O) groups excluding carboxylic acids is 1. The fraction of sp³-hybridized carbons (Fsp3) is 0.242. The van der Waals surface area contributed by atoms with Gasteiger partial charge in [0.25, 0.3) is 0 Å². The molecule has 0 spiro atoms. The van der Waals surface area contributed by atoms with E-state index in [1.165, 1.54) is 19.2 Å². The van der Waals surface area contributed by atoms with Crippen molar-refractivity contribution in [2.24, 2.45) is 0 Å². The van der Waals surface area contributed by atoms with Crippen molar-refractivity contribution in [1.29, 1.82) is 0 Å². The first-order valence-corrected chi connectivity index (χ1v) is 13.0. The largest absolute Gasteiger partial charge is 0.496 e. The summed E-state index contributed by atoms with van der Waals surface area (Å²) in [5.74, 6) is -1.22. The van der Waals surface area contributed by atoms with Crippen LogP contribution in [0.2, 0.25) is 0 Å². The van der Waals surface area contributed by atoms with Crippen LogP contribution < -0.4 is 4.74 Å². The van der Waals surface area contributed by atoms with Gasteiger partial charge in [-0.05, 0) is 54.8 Å². The van der Waals surface area contributed by atoms with Crippen LogP contribution in [0.5, 0.6) is 5.75 Å². The minimum Gasteiger partial charge on any atom is -0.496 e. The van der Waals surface area contributed by atoms with Gasteiger partial charge in [-0.3, -0.25) is 9.69 Å². The van der Waals surface area contributed by atoms with Crippen molar-refractivity contribution in [3.8, 4) is 16.9 Å². The standard InChI is InChI=1S/C33H33F2NO3/c1-4-39-33(37)21-31(26-15-18-32(38-3)29(19-26)28-17-16-27(34)20-30(28)35)36(22-24-11-7-5-8-12-24)23(2)25-13-9-6-10-14-25/h5-20,23,31H,4,21-22H2,1-3H3/t23-,31+/m1/s1. The lowest BCUT2D eigenvalue weighted by Crippen LogP contribution is -2.33. The van der Waals surface area contributed by atoms with Gasteiger partial charge < -0.3 is 9.47 Å². The van der Waals surface area contributed by atoms with Crippen molar-refractivity contribution >= 4 is 5.97 Å². The molecule has 4 aromatic carbocycles. The van der Waals surface area contributed by atoms with Gasteiger partial charge in [-0.2, -0.15) is 0 Å². The van der Waals surface area contributed by atoms with E-state index in [2.05, 4.69) is 36.1 Å². The second-order valence-electron chi connectivity index (χ2n) is 9.35. The van der Waals surface area contributed by atoms with Crippen LogP contribution in [0.1, 0.15) is 49.0 Å². The Morgan fingerprint density at radius 1 is 0.846 bits per heavy atom. The van der Waals surface area contributed by atoms with Crippen LogP contribution in [0.4, 0.5) is 8.78 Å². The molecule has 39 heavy (non-hydrogen) atoms. The Balaban J connectivity index is 1.86. The van der Waals surface area contributed by atoms with Crippen molar-refractivity contribution in [2.75, 3.05) is 13.7 Å². The molecule has 0 bridgehead atoms. The summed E-state index contributed by atoms with van der Waals surface area (Å²) >= 11 is 0. The lowest BCUT2D eigenvalue weighted by Gasteiger charge is -2.37. The predicted molar refractivity (Wildman–Crippen MR) is 149 cm³/mol. The molecule has 0 aliphatic rings. The molecule has 4 nitrogen and oxygen atoms in total. The molecular formula is C33H33F2NO3. The van der Waals surface area contributed by atoms with Crippen LogP contribution in [-0.4, -0.2) is 24.6 Å². The second-order valence-corrected chi connectivity index (χ2v) is 9.35. The Labute approximate surface area is 228 Å². The Hall–Kier alpha value is -4.03. The molecule has 0 aliphatic heterocycles. The Kier molecular flexibility index (Phi) is 9.45. The average molecular weight is 530 g/mol. The van der Waals surface area contributed by atoms with Crippen molar-refractivity contribution in [1.82, 2.24) is 4.90 Å². The van der Waals surface area contributed by atoms with Crippen LogP contribution in [0.15, 0.2) is 97.1 Å². The first-order chi connectivity index (χ1) is 18.9. The van der Waals surface area contributed by atoms with Crippen LogP contribution in [0.25, 0.3) is 11.1 Å². The Bertz CT molecular complexity index is 1380. The average Bonchev–Trinajstić information content (AvgIpc) is 2.95. The Morgan fingerprint density at radius 2 is 1.54 bits per heavy atom. The van der Waals surface area contributed by atoms with Gasteiger partial charge in [0.05, 0.1) is 20.1 Å². The highest BCUT2D eigenvalue weighted by Gasteiger charge is 2.30. The summed E-state index contributed by atoms with van der Waals surface area (Å²) < 4.78 is 39.5. The molecule has 0 saturated heterocycles. The SMILES string of the molecule is CCOC(=O)C[C@@H](c1ccc(OC)c(-c2ccc(F)cc2F)c1)N(Cc1ccccc1)[C@H](C)c1ccccc1. The maximum atomic E-state index is 14.9. The number of hydrogen-bond acceptors (Lipinski definition) is 4. The van der Waals surface area contributed by atoms with Crippen LogP contribution in [0.3, 0.4) is 0 Å². The number of halogens is 2. The van der Waals surface area contributed by atoms with Crippen LogP contribution in [0, 0.1) is 11.6 Å².